The molecule has 1 atom stereocenters. The summed E-state index contributed by atoms with van der Waals surface area (Å²) in [5.74, 6) is 0. The third-order valence-electron chi connectivity index (χ3n) is 3.43. The Bertz CT molecular complexity index is 599. The number of hydrogen-bond acceptors (Lipinski definition) is 5. The van der Waals surface area contributed by atoms with Crippen LogP contribution < -0.4 is 10.9 Å². The van der Waals surface area contributed by atoms with Gasteiger partial charge in [0.15, 0.2) is 4.96 Å². The number of thiazole rings is 1. The minimum absolute atomic E-state index is 0.00852. The van der Waals surface area contributed by atoms with Crippen molar-refractivity contribution in [2.45, 2.75) is 19.0 Å². The number of nitrogens with one attached hydrogen (secondary N) is 1. The molecule has 1 unspecified atom stereocenters. The van der Waals surface area contributed by atoms with E-state index in [1.807, 2.05) is 5.38 Å². The van der Waals surface area contributed by atoms with E-state index in [0.717, 1.165) is 36.7 Å². The lowest BCUT2D eigenvalue weighted by atomic mass is 10.2. The molecule has 2 aromatic rings. The molecule has 0 spiro atoms. The Morgan fingerprint density at radius 1 is 1.67 bits per heavy atom. The van der Waals surface area contributed by atoms with Crippen LogP contribution in [0.2, 0.25) is 0 Å². The van der Waals surface area contributed by atoms with Gasteiger partial charge in [-0.3, -0.25) is 14.1 Å². The first-order chi connectivity index (χ1) is 8.74. The summed E-state index contributed by atoms with van der Waals surface area (Å²) in [5, 5.41) is 5.24. The Hall–Kier alpha value is -1.24. The number of fused-ring (bicyclic) bond motifs is 1. The van der Waals surface area contributed by atoms with E-state index in [1.54, 1.807) is 16.7 Å². The van der Waals surface area contributed by atoms with Crippen LogP contribution in [0.25, 0.3) is 4.96 Å². The summed E-state index contributed by atoms with van der Waals surface area (Å²) in [5.41, 5.74) is 0.867. The van der Waals surface area contributed by atoms with Crippen molar-refractivity contribution in [3.05, 3.63) is 33.7 Å². The van der Waals surface area contributed by atoms with Crippen molar-refractivity contribution in [2.75, 3.05) is 20.1 Å². The summed E-state index contributed by atoms with van der Waals surface area (Å²) in [6.45, 7) is 2.84. The van der Waals surface area contributed by atoms with E-state index in [4.69, 9.17) is 0 Å². The zero-order chi connectivity index (χ0) is 12.5. The van der Waals surface area contributed by atoms with E-state index in [0.29, 0.717) is 6.04 Å². The predicted molar refractivity (Wildman–Crippen MR) is 72.1 cm³/mol. The smallest absolute Gasteiger partial charge is 0.258 e. The van der Waals surface area contributed by atoms with Crippen molar-refractivity contribution < 1.29 is 0 Å². The number of rotatable bonds is 3. The van der Waals surface area contributed by atoms with Gasteiger partial charge in [-0.15, -0.1) is 11.3 Å². The fourth-order valence-corrected chi connectivity index (χ4v) is 3.11. The van der Waals surface area contributed by atoms with Gasteiger partial charge in [-0.1, -0.05) is 0 Å². The van der Waals surface area contributed by atoms with Gasteiger partial charge in [-0.05, 0) is 20.0 Å². The first-order valence-electron chi connectivity index (χ1n) is 6.11. The molecular weight excluding hydrogens is 248 g/mol. The second-order valence-electron chi connectivity index (χ2n) is 4.70. The fraction of sp³-hybridized carbons (Fsp3) is 0.500. The molecule has 0 bridgehead atoms. The Labute approximate surface area is 109 Å². The summed E-state index contributed by atoms with van der Waals surface area (Å²) in [6.07, 6.45) is 2.93. The summed E-state index contributed by atoms with van der Waals surface area (Å²) in [6, 6.07) is 2.19. The van der Waals surface area contributed by atoms with Crippen LogP contribution in [-0.2, 0) is 6.54 Å². The molecule has 1 aliphatic heterocycles. The molecule has 18 heavy (non-hydrogen) atoms. The molecule has 0 aliphatic carbocycles. The number of likely N-dealkylation sites (N-methyl/N-ethyl adjacent to an activating group) is 1. The number of nitrogens with zero attached hydrogens (tertiary/aromatic N) is 3. The highest BCUT2D eigenvalue weighted by Gasteiger charge is 2.19. The van der Waals surface area contributed by atoms with Gasteiger partial charge >= 0.3 is 0 Å². The lowest BCUT2D eigenvalue weighted by Crippen LogP contribution is -2.33. The van der Waals surface area contributed by atoms with Crippen molar-refractivity contribution in [3.63, 3.8) is 0 Å². The standard InChI is InChI=1S/C12H16N4OS/c1-15(10-2-3-13-7-10)8-9-6-11(17)16-4-5-18-12(16)14-9/h4-6,10,13H,2-3,7-8H2,1H3. The van der Waals surface area contributed by atoms with E-state index >= 15 is 0 Å². The zero-order valence-corrected chi connectivity index (χ0v) is 11.1. The van der Waals surface area contributed by atoms with Crippen molar-refractivity contribution in [3.8, 4) is 0 Å². The Balaban J connectivity index is 1.83. The van der Waals surface area contributed by atoms with Gasteiger partial charge in [-0.2, -0.15) is 0 Å². The van der Waals surface area contributed by atoms with Gasteiger partial charge in [0.2, 0.25) is 0 Å². The van der Waals surface area contributed by atoms with E-state index in [1.165, 1.54) is 11.3 Å². The molecule has 0 radical (unpaired) electrons. The van der Waals surface area contributed by atoms with Crippen LogP contribution in [0, 0.1) is 0 Å². The molecule has 1 saturated heterocycles. The number of hydrogen-bond donors (Lipinski definition) is 1. The molecule has 3 heterocycles. The van der Waals surface area contributed by atoms with Crippen LogP contribution in [-0.4, -0.2) is 40.5 Å². The molecule has 1 aliphatic rings. The largest absolute Gasteiger partial charge is 0.315 e. The lowest BCUT2D eigenvalue weighted by molar-refractivity contribution is 0.246. The molecule has 5 nitrogen and oxygen atoms in total. The first-order valence-corrected chi connectivity index (χ1v) is 6.99. The molecule has 0 aromatic carbocycles. The minimum atomic E-state index is 0.00852. The Kier molecular flexibility index (Phi) is 3.15. The molecule has 1 fully saturated rings. The minimum Gasteiger partial charge on any atom is -0.315 e. The lowest BCUT2D eigenvalue weighted by Gasteiger charge is -2.22. The van der Waals surface area contributed by atoms with E-state index < -0.39 is 0 Å². The van der Waals surface area contributed by atoms with E-state index in [-0.39, 0.29) is 5.56 Å². The molecular formula is C12H16N4OS. The van der Waals surface area contributed by atoms with Crippen molar-refractivity contribution in [1.82, 2.24) is 19.6 Å². The maximum atomic E-state index is 11.9. The van der Waals surface area contributed by atoms with E-state index in [9.17, 15) is 4.79 Å². The second-order valence-corrected chi connectivity index (χ2v) is 5.58. The van der Waals surface area contributed by atoms with Gasteiger partial charge in [0.05, 0.1) is 5.69 Å². The van der Waals surface area contributed by atoms with Crippen LogP contribution in [0.1, 0.15) is 12.1 Å². The molecule has 0 amide bonds. The maximum Gasteiger partial charge on any atom is 0.258 e. The molecule has 3 rings (SSSR count). The Morgan fingerprint density at radius 2 is 2.56 bits per heavy atom. The highest BCUT2D eigenvalue weighted by Crippen LogP contribution is 2.11. The average molecular weight is 264 g/mol. The van der Waals surface area contributed by atoms with Crippen LogP contribution in [0.5, 0.6) is 0 Å². The maximum absolute atomic E-state index is 11.9. The van der Waals surface area contributed by atoms with Crippen LogP contribution in [0.15, 0.2) is 22.4 Å². The fourth-order valence-electron chi connectivity index (χ4n) is 2.37. The molecule has 2 aromatic heterocycles. The molecule has 0 saturated carbocycles. The van der Waals surface area contributed by atoms with Gasteiger partial charge < -0.3 is 5.32 Å². The highest BCUT2D eigenvalue weighted by molar-refractivity contribution is 7.15. The SMILES string of the molecule is CN(Cc1cc(=O)n2ccsc2n1)C1CCNC1. The van der Waals surface area contributed by atoms with Crippen molar-refractivity contribution >= 4 is 16.3 Å². The highest BCUT2D eigenvalue weighted by atomic mass is 32.1. The van der Waals surface area contributed by atoms with Crippen LogP contribution >= 0.6 is 11.3 Å². The van der Waals surface area contributed by atoms with Crippen molar-refractivity contribution in [2.24, 2.45) is 0 Å². The summed E-state index contributed by atoms with van der Waals surface area (Å²) >= 11 is 1.50. The number of aromatic nitrogens is 2. The summed E-state index contributed by atoms with van der Waals surface area (Å²) in [4.78, 5) is 19.4. The molecule has 96 valence electrons. The zero-order valence-electron chi connectivity index (χ0n) is 10.3. The first kappa shape index (κ1) is 11.8. The quantitative estimate of drug-likeness (QED) is 0.879. The predicted octanol–water partition coefficient (Wildman–Crippen LogP) is 0.550. The third-order valence-corrected chi connectivity index (χ3v) is 4.18. The normalized spacial score (nSPS) is 20.0. The van der Waals surface area contributed by atoms with Gasteiger partial charge in [0.25, 0.3) is 5.56 Å². The van der Waals surface area contributed by atoms with Crippen molar-refractivity contribution in [1.29, 1.82) is 0 Å². The van der Waals surface area contributed by atoms with Gasteiger partial charge in [-0.25, -0.2) is 4.98 Å². The molecule has 1 N–H and O–H groups in total. The van der Waals surface area contributed by atoms with Gasteiger partial charge in [0.1, 0.15) is 0 Å². The van der Waals surface area contributed by atoms with E-state index in [2.05, 4.69) is 22.2 Å². The second kappa shape index (κ2) is 4.79. The summed E-state index contributed by atoms with van der Waals surface area (Å²) in [7, 11) is 2.09. The molecule has 6 heteroatoms. The average Bonchev–Trinajstić information content (AvgIpc) is 2.99. The third kappa shape index (κ3) is 2.19. The van der Waals surface area contributed by atoms with Crippen LogP contribution in [0.3, 0.4) is 0 Å². The Morgan fingerprint density at radius 3 is 3.33 bits per heavy atom. The summed E-state index contributed by atoms with van der Waals surface area (Å²) < 4.78 is 1.59. The monoisotopic (exact) mass is 264 g/mol. The topological polar surface area (TPSA) is 49.6 Å². The van der Waals surface area contributed by atoms with Gasteiger partial charge in [0, 0.05) is 36.8 Å². The van der Waals surface area contributed by atoms with Crippen LogP contribution in [0.4, 0.5) is 0 Å².